The SMILES string of the molecule is CC.CC(=O)Cc1ccc(OCCOC(C)=O)cc1. The summed E-state index contributed by atoms with van der Waals surface area (Å²) in [5, 5.41) is 0. The van der Waals surface area contributed by atoms with Crippen LogP contribution in [-0.2, 0) is 20.7 Å². The molecule has 0 amide bonds. The Bertz CT molecular complexity index is 382. The first-order valence-corrected chi connectivity index (χ1v) is 6.42. The number of carbonyl (C=O) groups excluding carboxylic acids is 2. The molecule has 1 rings (SSSR count). The van der Waals surface area contributed by atoms with Crippen molar-refractivity contribution in [3.05, 3.63) is 29.8 Å². The number of hydrogen-bond acceptors (Lipinski definition) is 4. The van der Waals surface area contributed by atoms with Crippen molar-refractivity contribution in [3.8, 4) is 5.75 Å². The van der Waals surface area contributed by atoms with Gasteiger partial charge in [-0.3, -0.25) is 9.59 Å². The van der Waals surface area contributed by atoms with E-state index in [1.165, 1.54) is 6.92 Å². The van der Waals surface area contributed by atoms with Crippen molar-refractivity contribution in [2.75, 3.05) is 13.2 Å². The molecule has 0 aliphatic heterocycles. The molecule has 0 bridgehead atoms. The number of ketones is 1. The molecule has 0 saturated carbocycles. The molecule has 0 aliphatic carbocycles. The van der Waals surface area contributed by atoms with Gasteiger partial charge in [-0.25, -0.2) is 0 Å². The minimum Gasteiger partial charge on any atom is -0.490 e. The maximum Gasteiger partial charge on any atom is 0.302 e. The van der Waals surface area contributed by atoms with Crippen LogP contribution in [0.3, 0.4) is 0 Å². The Morgan fingerprint density at radius 1 is 1.00 bits per heavy atom. The summed E-state index contributed by atoms with van der Waals surface area (Å²) in [6, 6.07) is 7.29. The van der Waals surface area contributed by atoms with Crippen molar-refractivity contribution < 1.29 is 19.1 Å². The summed E-state index contributed by atoms with van der Waals surface area (Å²) < 4.78 is 10.1. The van der Waals surface area contributed by atoms with E-state index in [0.717, 1.165) is 5.56 Å². The summed E-state index contributed by atoms with van der Waals surface area (Å²) in [5.74, 6) is 0.517. The topological polar surface area (TPSA) is 52.6 Å². The first-order valence-electron chi connectivity index (χ1n) is 6.42. The van der Waals surface area contributed by atoms with Gasteiger partial charge in [-0.15, -0.1) is 0 Å². The van der Waals surface area contributed by atoms with Crippen LogP contribution in [0.25, 0.3) is 0 Å². The number of rotatable bonds is 6. The molecule has 0 unspecified atom stereocenters. The molecule has 0 spiro atoms. The normalized spacial score (nSPS) is 9.05. The molecule has 0 heterocycles. The van der Waals surface area contributed by atoms with E-state index in [0.29, 0.717) is 18.8 Å². The highest BCUT2D eigenvalue weighted by molar-refractivity contribution is 5.78. The van der Waals surface area contributed by atoms with Gasteiger partial charge < -0.3 is 9.47 Å². The molecule has 0 N–H and O–H groups in total. The lowest BCUT2D eigenvalue weighted by atomic mass is 10.1. The van der Waals surface area contributed by atoms with E-state index in [9.17, 15) is 9.59 Å². The Morgan fingerprint density at radius 2 is 1.58 bits per heavy atom. The molecule has 0 fully saturated rings. The molecule has 0 saturated heterocycles. The molecule has 0 aliphatic rings. The summed E-state index contributed by atoms with van der Waals surface area (Å²) in [6.45, 7) is 7.48. The van der Waals surface area contributed by atoms with E-state index in [-0.39, 0.29) is 18.4 Å². The third kappa shape index (κ3) is 8.83. The number of Topliss-reactive ketones (excluding diaryl/α,β-unsaturated/α-hetero) is 1. The van der Waals surface area contributed by atoms with Gasteiger partial charge in [0.1, 0.15) is 24.7 Å². The molecular formula is C15H22O4. The molecule has 0 aromatic heterocycles. The number of carbonyl (C=O) groups is 2. The standard InChI is InChI=1S/C13H16O4.C2H6/c1-10(14)9-12-3-5-13(6-4-12)17-8-7-16-11(2)15;1-2/h3-6H,7-9H2,1-2H3;1-2H3. The summed E-state index contributed by atoms with van der Waals surface area (Å²) in [5.41, 5.74) is 0.963. The molecule has 19 heavy (non-hydrogen) atoms. The number of ether oxygens (including phenoxy) is 2. The van der Waals surface area contributed by atoms with Gasteiger partial charge in [0, 0.05) is 13.3 Å². The average molecular weight is 266 g/mol. The minimum absolute atomic E-state index is 0.133. The minimum atomic E-state index is -0.314. The summed E-state index contributed by atoms with van der Waals surface area (Å²) in [4.78, 5) is 21.4. The zero-order valence-electron chi connectivity index (χ0n) is 12.1. The lowest BCUT2D eigenvalue weighted by Gasteiger charge is -2.06. The van der Waals surface area contributed by atoms with Crippen LogP contribution in [0.5, 0.6) is 5.75 Å². The molecule has 1 aromatic rings. The second-order valence-electron chi connectivity index (χ2n) is 3.71. The zero-order chi connectivity index (χ0) is 14.7. The Labute approximate surface area is 114 Å². The average Bonchev–Trinajstić information content (AvgIpc) is 2.38. The van der Waals surface area contributed by atoms with E-state index in [1.54, 1.807) is 19.1 Å². The third-order valence-electron chi connectivity index (χ3n) is 2.03. The number of esters is 1. The van der Waals surface area contributed by atoms with Crippen molar-refractivity contribution in [2.24, 2.45) is 0 Å². The van der Waals surface area contributed by atoms with Crippen LogP contribution in [0.2, 0.25) is 0 Å². The first-order chi connectivity index (χ1) is 9.08. The van der Waals surface area contributed by atoms with Crippen molar-refractivity contribution in [2.45, 2.75) is 34.1 Å². The highest BCUT2D eigenvalue weighted by Gasteiger charge is 1.99. The molecule has 106 valence electrons. The van der Waals surface area contributed by atoms with Gasteiger partial charge in [-0.2, -0.15) is 0 Å². The summed E-state index contributed by atoms with van der Waals surface area (Å²) >= 11 is 0. The van der Waals surface area contributed by atoms with E-state index < -0.39 is 0 Å². The molecule has 0 atom stereocenters. The van der Waals surface area contributed by atoms with Crippen LogP contribution in [-0.4, -0.2) is 25.0 Å². The Balaban J connectivity index is 0.00000154. The van der Waals surface area contributed by atoms with Crippen molar-refractivity contribution in [1.29, 1.82) is 0 Å². The fourth-order valence-electron chi connectivity index (χ4n) is 1.34. The van der Waals surface area contributed by atoms with Crippen LogP contribution >= 0.6 is 0 Å². The van der Waals surface area contributed by atoms with Crippen LogP contribution < -0.4 is 4.74 Å². The molecule has 4 nitrogen and oxygen atoms in total. The summed E-state index contributed by atoms with van der Waals surface area (Å²) in [6.07, 6.45) is 0.438. The smallest absolute Gasteiger partial charge is 0.302 e. The van der Waals surface area contributed by atoms with Gasteiger partial charge in [0.05, 0.1) is 0 Å². The van der Waals surface area contributed by atoms with Gasteiger partial charge in [-0.1, -0.05) is 26.0 Å². The predicted molar refractivity (Wildman–Crippen MR) is 74.3 cm³/mol. The highest BCUT2D eigenvalue weighted by Crippen LogP contribution is 2.12. The largest absolute Gasteiger partial charge is 0.490 e. The lowest BCUT2D eigenvalue weighted by molar-refractivity contribution is -0.141. The zero-order valence-corrected chi connectivity index (χ0v) is 12.1. The molecule has 4 heteroatoms. The second-order valence-corrected chi connectivity index (χ2v) is 3.71. The predicted octanol–water partition coefficient (Wildman–Crippen LogP) is 2.79. The fraction of sp³-hybridized carbons (Fsp3) is 0.467. The van der Waals surface area contributed by atoms with Crippen LogP contribution in [0.4, 0.5) is 0 Å². The van der Waals surface area contributed by atoms with E-state index in [4.69, 9.17) is 9.47 Å². The quantitative estimate of drug-likeness (QED) is 0.587. The van der Waals surface area contributed by atoms with Crippen molar-refractivity contribution in [1.82, 2.24) is 0 Å². The van der Waals surface area contributed by atoms with E-state index in [1.807, 2.05) is 26.0 Å². The summed E-state index contributed by atoms with van der Waals surface area (Å²) in [7, 11) is 0. The molecule has 1 aromatic carbocycles. The van der Waals surface area contributed by atoms with Crippen LogP contribution in [0, 0.1) is 0 Å². The van der Waals surface area contributed by atoms with Gasteiger partial charge in [0.15, 0.2) is 0 Å². The van der Waals surface area contributed by atoms with Gasteiger partial charge in [0.25, 0.3) is 0 Å². The van der Waals surface area contributed by atoms with Crippen LogP contribution in [0.15, 0.2) is 24.3 Å². The van der Waals surface area contributed by atoms with Crippen molar-refractivity contribution in [3.63, 3.8) is 0 Å². The first kappa shape index (κ1) is 17.2. The fourth-order valence-corrected chi connectivity index (χ4v) is 1.34. The van der Waals surface area contributed by atoms with Gasteiger partial charge in [0.2, 0.25) is 0 Å². The third-order valence-corrected chi connectivity index (χ3v) is 2.03. The second kappa shape index (κ2) is 10.1. The lowest BCUT2D eigenvalue weighted by Crippen LogP contribution is -2.09. The van der Waals surface area contributed by atoms with Gasteiger partial charge >= 0.3 is 5.97 Å². The Kier molecular flexibility index (Phi) is 9.14. The van der Waals surface area contributed by atoms with E-state index in [2.05, 4.69) is 0 Å². The van der Waals surface area contributed by atoms with Gasteiger partial charge in [-0.05, 0) is 24.6 Å². The maximum absolute atomic E-state index is 10.9. The maximum atomic E-state index is 10.9. The molecular weight excluding hydrogens is 244 g/mol. The Morgan fingerprint density at radius 3 is 2.05 bits per heavy atom. The number of hydrogen-bond donors (Lipinski definition) is 0. The molecule has 0 radical (unpaired) electrons. The monoisotopic (exact) mass is 266 g/mol. The van der Waals surface area contributed by atoms with E-state index >= 15 is 0 Å². The van der Waals surface area contributed by atoms with Crippen LogP contribution in [0.1, 0.15) is 33.3 Å². The number of benzene rings is 1. The Hall–Kier alpha value is -1.84. The van der Waals surface area contributed by atoms with Crippen molar-refractivity contribution >= 4 is 11.8 Å². The highest BCUT2D eigenvalue weighted by atomic mass is 16.6.